The van der Waals surface area contributed by atoms with Gasteiger partial charge in [0, 0.05) is 11.6 Å². The average molecular weight is 350 g/mol. The van der Waals surface area contributed by atoms with E-state index in [-0.39, 0.29) is 12.3 Å². The SMILES string of the molecule is Cc1oc(-c2ccccc2)nc1CC(=O)Nc1ccnn1C1CCCC1. The number of aryl methyl sites for hydroxylation is 1. The molecule has 2 aromatic heterocycles. The summed E-state index contributed by atoms with van der Waals surface area (Å²) in [5, 5.41) is 7.36. The van der Waals surface area contributed by atoms with E-state index in [1.165, 1.54) is 12.8 Å². The second-order valence-electron chi connectivity index (χ2n) is 6.71. The summed E-state index contributed by atoms with van der Waals surface area (Å²) < 4.78 is 7.67. The molecule has 1 aliphatic rings. The number of hydrogen-bond donors (Lipinski definition) is 1. The van der Waals surface area contributed by atoms with Crippen LogP contribution in [0.2, 0.25) is 0 Å². The van der Waals surface area contributed by atoms with E-state index in [1.807, 2.05) is 48.0 Å². The van der Waals surface area contributed by atoms with Gasteiger partial charge in [-0.15, -0.1) is 0 Å². The minimum absolute atomic E-state index is 0.110. The van der Waals surface area contributed by atoms with Crippen molar-refractivity contribution < 1.29 is 9.21 Å². The van der Waals surface area contributed by atoms with Gasteiger partial charge in [0.1, 0.15) is 11.6 Å². The Balaban J connectivity index is 1.46. The van der Waals surface area contributed by atoms with Gasteiger partial charge in [0.25, 0.3) is 0 Å². The number of rotatable bonds is 5. The van der Waals surface area contributed by atoms with Gasteiger partial charge in [-0.1, -0.05) is 31.0 Å². The number of amides is 1. The molecule has 1 saturated carbocycles. The van der Waals surface area contributed by atoms with Crippen LogP contribution in [0.5, 0.6) is 0 Å². The first-order valence-electron chi connectivity index (χ1n) is 9.06. The highest BCUT2D eigenvalue weighted by Crippen LogP contribution is 2.31. The highest BCUT2D eigenvalue weighted by Gasteiger charge is 2.21. The van der Waals surface area contributed by atoms with Crippen LogP contribution < -0.4 is 5.32 Å². The summed E-state index contributed by atoms with van der Waals surface area (Å²) in [5.74, 6) is 1.86. The van der Waals surface area contributed by atoms with Gasteiger partial charge < -0.3 is 9.73 Å². The van der Waals surface area contributed by atoms with E-state index in [9.17, 15) is 4.79 Å². The molecule has 1 amide bonds. The number of anilines is 1. The molecule has 26 heavy (non-hydrogen) atoms. The molecule has 134 valence electrons. The summed E-state index contributed by atoms with van der Waals surface area (Å²) in [6.07, 6.45) is 6.60. The number of nitrogens with zero attached hydrogens (tertiary/aromatic N) is 3. The Bertz CT molecular complexity index is 892. The Kier molecular flexibility index (Phi) is 4.56. The van der Waals surface area contributed by atoms with Gasteiger partial charge >= 0.3 is 0 Å². The molecule has 3 aromatic rings. The molecule has 1 aliphatic carbocycles. The van der Waals surface area contributed by atoms with Crippen LogP contribution in [-0.2, 0) is 11.2 Å². The van der Waals surface area contributed by atoms with Crippen molar-refractivity contribution in [3.63, 3.8) is 0 Å². The van der Waals surface area contributed by atoms with Crippen LogP contribution >= 0.6 is 0 Å². The fraction of sp³-hybridized carbons (Fsp3) is 0.350. The number of carbonyl (C=O) groups excluding carboxylic acids is 1. The lowest BCUT2D eigenvalue weighted by Gasteiger charge is -2.14. The maximum Gasteiger partial charge on any atom is 0.231 e. The van der Waals surface area contributed by atoms with Crippen molar-refractivity contribution in [1.29, 1.82) is 0 Å². The molecule has 2 heterocycles. The van der Waals surface area contributed by atoms with Crippen molar-refractivity contribution in [2.24, 2.45) is 0 Å². The summed E-state index contributed by atoms with van der Waals surface area (Å²) in [7, 11) is 0. The van der Waals surface area contributed by atoms with E-state index >= 15 is 0 Å². The van der Waals surface area contributed by atoms with Crippen molar-refractivity contribution in [2.75, 3.05) is 5.32 Å². The molecule has 4 rings (SSSR count). The average Bonchev–Trinajstić information content (AvgIpc) is 3.37. The lowest BCUT2D eigenvalue weighted by atomic mass is 10.2. The largest absolute Gasteiger partial charge is 0.441 e. The number of benzene rings is 1. The Morgan fingerprint density at radius 2 is 2.00 bits per heavy atom. The minimum atomic E-state index is -0.110. The van der Waals surface area contributed by atoms with E-state index in [4.69, 9.17) is 4.42 Å². The molecule has 0 atom stereocenters. The number of carbonyl (C=O) groups is 1. The predicted octanol–water partition coefficient (Wildman–Crippen LogP) is 4.14. The van der Waals surface area contributed by atoms with Crippen LogP contribution in [0.1, 0.15) is 43.2 Å². The summed E-state index contributed by atoms with van der Waals surface area (Å²) in [6.45, 7) is 1.84. The molecule has 0 radical (unpaired) electrons. The first kappa shape index (κ1) is 16.6. The fourth-order valence-corrected chi connectivity index (χ4v) is 3.49. The fourth-order valence-electron chi connectivity index (χ4n) is 3.49. The lowest BCUT2D eigenvalue weighted by molar-refractivity contribution is -0.115. The van der Waals surface area contributed by atoms with Crippen molar-refractivity contribution in [1.82, 2.24) is 14.8 Å². The van der Waals surface area contributed by atoms with Gasteiger partial charge in [0.15, 0.2) is 0 Å². The number of aromatic nitrogens is 3. The van der Waals surface area contributed by atoms with Crippen LogP contribution in [0.25, 0.3) is 11.5 Å². The van der Waals surface area contributed by atoms with Gasteiger partial charge in [-0.05, 0) is 31.9 Å². The highest BCUT2D eigenvalue weighted by molar-refractivity contribution is 5.91. The summed E-state index contributed by atoms with van der Waals surface area (Å²) >= 11 is 0. The molecular weight excluding hydrogens is 328 g/mol. The van der Waals surface area contributed by atoms with Gasteiger partial charge in [0.05, 0.1) is 24.4 Å². The molecule has 0 unspecified atom stereocenters. The summed E-state index contributed by atoms with van der Waals surface area (Å²) in [5.41, 5.74) is 1.56. The quantitative estimate of drug-likeness (QED) is 0.750. The summed E-state index contributed by atoms with van der Waals surface area (Å²) in [6, 6.07) is 11.9. The van der Waals surface area contributed by atoms with E-state index in [0.717, 1.165) is 24.2 Å². The second kappa shape index (κ2) is 7.15. The van der Waals surface area contributed by atoms with Crippen molar-refractivity contribution in [2.45, 2.75) is 45.1 Å². The molecule has 1 fully saturated rings. The third-order valence-electron chi connectivity index (χ3n) is 4.85. The monoisotopic (exact) mass is 350 g/mol. The Morgan fingerprint density at radius 1 is 1.23 bits per heavy atom. The second-order valence-corrected chi connectivity index (χ2v) is 6.71. The van der Waals surface area contributed by atoms with Crippen molar-refractivity contribution in [3.05, 3.63) is 54.0 Å². The molecule has 0 spiro atoms. The zero-order valence-electron chi connectivity index (χ0n) is 14.8. The Morgan fingerprint density at radius 3 is 2.77 bits per heavy atom. The molecule has 0 aliphatic heterocycles. The molecule has 0 saturated heterocycles. The van der Waals surface area contributed by atoms with Crippen LogP contribution in [0, 0.1) is 6.92 Å². The number of nitrogens with one attached hydrogen (secondary N) is 1. The Hall–Kier alpha value is -2.89. The normalized spacial score (nSPS) is 14.7. The first-order chi connectivity index (χ1) is 12.7. The molecule has 1 aromatic carbocycles. The summed E-state index contributed by atoms with van der Waals surface area (Å²) in [4.78, 5) is 17.0. The zero-order valence-corrected chi connectivity index (χ0v) is 14.8. The Labute approximate surface area is 152 Å². The molecule has 0 bridgehead atoms. The smallest absolute Gasteiger partial charge is 0.231 e. The van der Waals surface area contributed by atoms with Crippen LogP contribution in [0.3, 0.4) is 0 Å². The molecule has 6 nitrogen and oxygen atoms in total. The highest BCUT2D eigenvalue weighted by atomic mass is 16.4. The third kappa shape index (κ3) is 3.40. The first-order valence-corrected chi connectivity index (χ1v) is 9.06. The predicted molar refractivity (Wildman–Crippen MR) is 98.7 cm³/mol. The van der Waals surface area contributed by atoms with Crippen molar-refractivity contribution in [3.8, 4) is 11.5 Å². The maximum atomic E-state index is 12.5. The third-order valence-corrected chi connectivity index (χ3v) is 4.85. The van der Waals surface area contributed by atoms with E-state index in [2.05, 4.69) is 15.4 Å². The molecule has 1 N–H and O–H groups in total. The number of oxazole rings is 1. The van der Waals surface area contributed by atoms with Gasteiger partial charge in [-0.3, -0.25) is 4.79 Å². The topological polar surface area (TPSA) is 73.0 Å². The van der Waals surface area contributed by atoms with Gasteiger partial charge in [-0.2, -0.15) is 5.10 Å². The van der Waals surface area contributed by atoms with Crippen molar-refractivity contribution >= 4 is 11.7 Å². The van der Waals surface area contributed by atoms with Crippen LogP contribution in [-0.4, -0.2) is 20.7 Å². The van der Waals surface area contributed by atoms with Gasteiger partial charge in [-0.25, -0.2) is 9.67 Å². The van der Waals surface area contributed by atoms with Gasteiger partial charge in [0.2, 0.25) is 11.8 Å². The standard InChI is InChI=1S/C20H22N4O2/c1-14-17(22-20(26-14)15-7-3-2-4-8-15)13-19(25)23-18-11-12-21-24(18)16-9-5-6-10-16/h2-4,7-8,11-12,16H,5-6,9-10,13H2,1H3,(H,23,25). The van der Waals surface area contributed by atoms with Crippen LogP contribution in [0.4, 0.5) is 5.82 Å². The number of hydrogen-bond acceptors (Lipinski definition) is 4. The minimum Gasteiger partial charge on any atom is -0.441 e. The van der Waals surface area contributed by atoms with Crippen LogP contribution in [0.15, 0.2) is 47.0 Å². The van der Waals surface area contributed by atoms with E-state index in [0.29, 0.717) is 23.4 Å². The molecular formula is C20H22N4O2. The van der Waals surface area contributed by atoms with E-state index in [1.54, 1.807) is 6.20 Å². The molecule has 6 heteroatoms. The lowest BCUT2D eigenvalue weighted by Crippen LogP contribution is -2.19. The maximum absolute atomic E-state index is 12.5. The van der Waals surface area contributed by atoms with E-state index < -0.39 is 0 Å². The zero-order chi connectivity index (χ0) is 17.9.